The number of alkyl halides is 3. The van der Waals surface area contributed by atoms with Gasteiger partial charge in [-0.15, -0.1) is 0 Å². The zero-order valence-corrected chi connectivity index (χ0v) is 19.9. The molecular formula is C27H24F4N2O4. The van der Waals surface area contributed by atoms with Crippen LogP contribution in [0.4, 0.5) is 17.6 Å². The number of nitrogens with two attached hydrogens (primary N) is 1. The molecule has 0 aliphatic carbocycles. The van der Waals surface area contributed by atoms with Gasteiger partial charge in [0.05, 0.1) is 22.0 Å². The number of fused-ring (bicyclic) bond motifs is 3. The van der Waals surface area contributed by atoms with E-state index in [1.807, 2.05) is 13.0 Å². The Morgan fingerprint density at radius 2 is 1.78 bits per heavy atom. The van der Waals surface area contributed by atoms with E-state index in [4.69, 9.17) is 10.5 Å². The highest BCUT2D eigenvalue weighted by Crippen LogP contribution is 2.40. The van der Waals surface area contributed by atoms with Gasteiger partial charge >= 0.3 is 12.1 Å². The molecule has 0 bridgehead atoms. The van der Waals surface area contributed by atoms with Crippen LogP contribution < -0.4 is 10.5 Å². The van der Waals surface area contributed by atoms with Crippen LogP contribution in [0.3, 0.4) is 0 Å². The molecule has 3 N–H and O–H groups in total. The number of ether oxygens (including phenoxy) is 1. The van der Waals surface area contributed by atoms with Gasteiger partial charge in [0.2, 0.25) is 5.91 Å². The fourth-order valence-corrected chi connectivity index (χ4v) is 4.50. The number of nitrogens with zero attached hydrogens (tertiary/aromatic N) is 1. The zero-order chi connectivity index (χ0) is 26.9. The lowest BCUT2D eigenvalue weighted by molar-refractivity contribution is -0.140. The Labute approximate surface area is 209 Å². The number of hydrogen-bond donors (Lipinski definition) is 2. The molecule has 0 aliphatic heterocycles. The summed E-state index contributed by atoms with van der Waals surface area (Å²) in [5.41, 5.74) is 6.43. The summed E-state index contributed by atoms with van der Waals surface area (Å²) in [6.07, 6.45) is -2.49. The van der Waals surface area contributed by atoms with Gasteiger partial charge in [0, 0.05) is 17.5 Å². The lowest BCUT2D eigenvalue weighted by Crippen LogP contribution is -2.12. The van der Waals surface area contributed by atoms with E-state index in [1.165, 1.54) is 12.1 Å². The standard InChI is InChI=1S/C27H24F4N2O4/c1-2-3-5-15-11-21-25(22(12-15)37-14-23(34)35)24-17(26(32)36)6-4-7-20(24)33(21)13-16-8-9-19(28)18(10-16)27(29,30)31/h4,6-12H,2-3,5,13-14H2,1H3,(H2,32,36)(H,34,35). The molecular weight excluding hydrogens is 492 g/mol. The van der Waals surface area contributed by atoms with Gasteiger partial charge in [-0.25, -0.2) is 9.18 Å². The highest BCUT2D eigenvalue weighted by molar-refractivity contribution is 6.20. The second-order valence-electron chi connectivity index (χ2n) is 8.74. The second kappa shape index (κ2) is 10.1. The van der Waals surface area contributed by atoms with Crippen molar-refractivity contribution >= 4 is 33.7 Å². The minimum atomic E-state index is -4.87. The van der Waals surface area contributed by atoms with Gasteiger partial charge in [-0.1, -0.05) is 25.5 Å². The average molecular weight is 516 g/mol. The first-order valence-electron chi connectivity index (χ1n) is 11.6. The largest absolute Gasteiger partial charge is 0.481 e. The molecule has 0 atom stereocenters. The van der Waals surface area contributed by atoms with Crippen LogP contribution in [0.2, 0.25) is 0 Å². The van der Waals surface area contributed by atoms with Crippen molar-refractivity contribution in [2.45, 2.75) is 38.9 Å². The number of amides is 1. The van der Waals surface area contributed by atoms with Crippen molar-refractivity contribution in [1.82, 2.24) is 4.57 Å². The third kappa shape index (κ3) is 5.23. The summed E-state index contributed by atoms with van der Waals surface area (Å²) in [7, 11) is 0. The van der Waals surface area contributed by atoms with E-state index >= 15 is 0 Å². The van der Waals surface area contributed by atoms with Crippen molar-refractivity contribution in [1.29, 1.82) is 0 Å². The van der Waals surface area contributed by atoms with Crippen LogP contribution in [0.5, 0.6) is 5.75 Å². The molecule has 4 rings (SSSR count). The van der Waals surface area contributed by atoms with E-state index in [0.29, 0.717) is 28.2 Å². The van der Waals surface area contributed by atoms with Crippen LogP contribution in [0.25, 0.3) is 21.8 Å². The maximum atomic E-state index is 13.9. The summed E-state index contributed by atoms with van der Waals surface area (Å²) < 4.78 is 61.3. The Morgan fingerprint density at radius 3 is 2.43 bits per heavy atom. The molecule has 6 nitrogen and oxygen atoms in total. The molecule has 0 fully saturated rings. The Morgan fingerprint density at radius 1 is 1.03 bits per heavy atom. The average Bonchev–Trinajstić information content (AvgIpc) is 3.15. The molecule has 0 spiro atoms. The first-order chi connectivity index (χ1) is 17.5. The van der Waals surface area contributed by atoms with Gasteiger partial charge in [-0.3, -0.25) is 4.79 Å². The number of halogens is 4. The van der Waals surface area contributed by atoms with Crippen molar-refractivity contribution in [3.05, 3.63) is 76.6 Å². The Balaban J connectivity index is 2.02. The first kappa shape index (κ1) is 26.0. The molecule has 0 saturated heterocycles. The normalized spacial score (nSPS) is 11.8. The number of aromatic nitrogens is 1. The van der Waals surface area contributed by atoms with E-state index in [0.717, 1.165) is 30.5 Å². The fourth-order valence-electron chi connectivity index (χ4n) is 4.50. The summed E-state index contributed by atoms with van der Waals surface area (Å²) >= 11 is 0. The first-order valence-corrected chi connectivity index (χ1v) is 11.6. The highest BCUT2D eigenvalue weighted by atomic mass is 19.4. The predicted octanol–water partition coefficient (Wildman–Crippen LogP) is 5.91. The highest BCUT2D eigenvalue weighted by Gasteiger charge is 2.34. The summed E-state index contributed by atoms with van der Waals surface area (Å²) in [5, 5.41) is 10.0. The molecule has 3 aromatic carbocycles. The van der Waals surface area contributed by atoms with E-state index in [1.54, 1.807) is 22.8 Å². The van der Waals surface area contributed by atoms with Gasteiger partial charge in [0.25, 0.3) is 0 Å². The van der Waals surface area contributed by atoms with Crippen molar-refractivity contribution in [3.8, 4) is 5.75 Å². The van der Waals surface area contributed by atoms with Crippen molar-refractivity contribution in [3.63, 3.8) is 0 Å². The van der Waals surface area contributed by atoms with Crippen molar-refractivity contribution in [2.24, 2.45) is 5.73 Å². The van der Waals surface area contributed by atoms with Crippen LogP contribution in [0.1, 0.15) is 46.8 Å². The third-order valence-corrected chi connectivity index (χ3v) is 6.13. The monoisotopic (exact) mass is 516 g/mol. The van der Waals surface area contributed by atoms with E-state index in [-0.39, 0.29) is 23.4 Å². The number of benzene rings is 3. The van der Waals surface area contributed by atoms with Crippen LogP contribution in [-0.2, 0) is 23.9 Å². The zero-order valence-electron chi connectivity index (χ0n) is 19.9. The van der Waals surface area contributed by atoms with Crippen LogP contribution >= 0.6 is 0 Å². The number of rotatable bonds is 9. The number of carboxylic acid groups (broad SMARTS) is 1. The molecule has 1 amide bonds. The molecule has 1 aromatic heterocycles. The lowest BCUT2D eigenvalue weighted by Gasteiger charge is -2.13. The number of unbranched alkanes of at least 4 members (excludes halogenated alkanes) is 1. The third-order valence-electron chi connectivity index (χ3n) is 6.13. The minimum absolute atomic E-state index is 0.0822. The van der Waals surface area contributed by atoms with Gasteiger partial charge in [-0.05, 0) is 60.4 Å². The SMILES string of the molecule is CCCCc1cc(OCC(=O)O)c2c3c(C(N)=O)cccc3n(Cc3ccc(F)c(C(F)(F)F)c3)c2c1. The number of aliphatic carboxylic acids is 1. The van der Waals surface area contributed by atoms with Crippen molar-refractivity contribution in [2.75, 3.05) is 6.61 Å². The van der Waals surface area contributed by atoms with E-state index < -0.39 is 36.0 Å². The summed E-state index contributed by atoms with van der Waals surface area (Å²) in [5.74, 6) is -3.08. The molecule has 194 valence electrons. The molecule has 1 heterocycles. The number of carboxylic acids is 1. The second-order valence-corrected chi connectivity index (χ2v) is 8.74. The van der Waals surface area contributed by atoms with Crippen LogP contribution in [0.15, 0.2) is 48.5 Å². The molecule has 0 saturated carbocycles. The molecule has 37 heavy (non-hydrogen) atoms. The van der Waals surface area contributed by atoms with Gasteiger partial charge < -0.3 is 20.1 Å². The number of hydrogen-bond acceptors (Lipinski definition) is 3. The molecule has 10 heteroatoms. The Bertz CT molecular complexity index is 1510. The number of carbonyl (C=O) groups is 2. The summed E-state index contributed by atoms with van der Waals surface area (Å²) in [4.78, 5) is 23.6. The smallest absolute Gasteiger partial charge is 0.419 e. The fraction of sp³-hybridized carbons (Fsp3) is 0.259. The molecule has 0 radical (unpaired) electrons. The Hall–Kier alpha value is -4.08. The van der Waals surface area contributed by atoms with Crippen LogP contribution in [0, 0.1) is 5.82 Å². The maximum Gasteiger partial charge on any atom is 0.419 e. The van der Waals surface area contributed by atoms with Gasteiger partial charge in [0.1, 0.15) is 11.6 Å². The lowest BCUT2D eigenvalue weighted by atomic mass is 10.0. The Kier molecular flexibility index (Phi) is 7.11. The van der Waals surface area contributed by atoms with E-state index in [9.17, 15) is 32.3 Å². The predicted molar refractivity (Wildman–Crippen MR) is 130 cm³/mol. The van der Waals surface area contributed by atoms with Gasteiger partial charge in [-0.2, -0.15) is 13.2 Å². The van der Waals surface area contributed by atoms with E-state index in [2.05, 4.69) is 0 Å². The van der Waals surface area contributed by atoms with Crippen molar-refractivity contribution < 1.29 is 37.0 Å². The quantitative estimate of drug-likeness (QED) is 0.271. The number of carbonyl (C=O) groups excluding carboxylic acids is 1. The minimum Gasteiger partial charge on any atom is -0.481 e. The van der Waals surface area contributed by atoms with Gasteiger partial charge in [0.15, 0.2) is 6.61 Å². The number of aryl methyl sites for hydroxylation is 1. The summed E-state index contributed by atoms with van der Waals surface area (Å²) in [6, 6.07) is 11.1. The molecule has 0 unspecified atom stereocenters. The number of primary amides is 1. The maximum absolute atomic E-state index is 13.9. The van der Waals surface area contributed by atoms with Crippen LogP contribution in [-0.4, -0.2) is 28.2 Å². The molecule has 4 aromatic rings. The topological polar surface area (TPSA) is 94.6 Å². The molecule has 0 aliphatic rings. The summed E-state index contributed by atoms with van der Waals surface area (Å²) in [6.45, 7) is 1.30.